The lowest BCUT2D eigenvalue weighted by atomic mass is 9.92. The predicted octanol–water partition coefficient (Wildman–Crippen LogP) is 3.71. The molecule has 2 aromatic rings. The minimum Gasteiger partial charge on any atom is -0.481 e. The van der Waals surface area contributed by atoms with Gasteiger partial charge in [0, 0.05) is 19.1 Å². The highest BCUT2D eigenvalue weighted by Gasteiger charge is 2.29. The fourth-order valence-corrected chi connectivity index (χ4v) is 3.51. The third-order valence-corrected chi connectivity index (χ3v) is 5.14. The van der Waals surface area contributed by atoms with E-state index in [2.05, 4.69) is 12.1 Å². The molecular formula is C22H28N2O2. The second kappa shape index (κ2) is 8.37. The van der Waals surface area contributed by atoms with Gasteiger partial charge in [-0.05, 0) is 55.9 Å². The number of carbonyl (C=O) groups is 1. The van der Waals surface area contributed by atoms with E-state index in [1.165, 1.54) is 5.56 Å². The normalized spacial score (nSPS) is 19.7. The van der Waals surface area contributed by atoms with Crippen molar-refractivity contribution in [1.82, 2.24) is 4.90 Å². The Morgan fingerprint density at radius 3 is 2.38 bits per heavy atom. The van der Waals surface area contributed by atoms with Crippen LogP contribution in [0.1, 0.15) is 26.7 Å². The number of amides is 1. The third kappa shape index (κ3) is 4.44. The van der Waals surface area contributed by atoms with Crippen LogP contribution in [0.25, 0.3) is 11.1 Å². The molecule has 0 radical (unpaired) electrons. The van der Waals surface area contributed by atoms with Crippen molar-refractivity contribution in [2.24, 2.45) is 11.7 Å². The van der Waals surface area contributed by atoms with Gasteiger partial charge in [-0.1, -0.05) is 42.5 Å². The van der Waals surface area contributed by atoms with Crippen molar-refractivity contribution in [2.45, 2.75) is 38.8 Å². The Morgan fingerprint density at radius 1 is 1.08 bits per heavy atom. The quantitative estimate of drug-likeness (QED) is 0.892. The molecule has 26 heavy (non-hydrogen) atoms. The van der Waals surface area contributed by atoms with Gasteiger partial charge in [0.15, 0.2) is 6.10 Å². The number of benzene rings is 2. The Balaban J connectivity index is 1.60. The van der Waals surface area contributed by atoms with Crippen LogP contribution < -0.4 is 10.5 Å². The number of piperidine rings is 1. The van der Waals surface area contributed by atoms with Crippen LogP contribution in [0.3, 0.4) is 0 Å². The Labute approximate surface area is 156 Å². The number of carbonyl (C=O) groups excluding carboxylic acids is 1. The van der Waals surface area contributed by atoms with Gasteiger partial charge in [0.05, 0.1) is 0 Å². The molecule has 1 heterocycles. The van der Waals surface area contributed by atoms with Crippen LogP contribution in [-0.4, -0.2) is 36.0 Å². The molecule has 2 N–H and O–H groups in total. The molecule has 2 aromatic carbocycles. The molecule has 1 aliphatic rings. The van der Waals surface area contributed by atoms with Crippen molar-refractivity contribution in [3.05, 3.63) is 54.6 Å². The van der Waals surface area contributed by atoms with Crippen LogP contribution in [-0.2, 0) is 4.79 Å². The molecule has 3 unspecified atom stereocenters. The first-order valence-electron chi connectivity index (χ1n) is 9.41. The lowest BCUT2D eigenvalue weighted by Gasteiger charge is -2.35. The summed E-state index contributed by atoms with van der Waals surface area (Å²) in [6.45, 7) is 5.37. The highest BCUT2D eigenvalue weighted by molar-refractivity contribution is 5.81. The van der Waals surface area contributed by atoms with Gasteiger partial charge < -0.3 is 15.4 Å². The van der Waals surface area contributed by atoms with Crippen molar-refractivity contribution < 1.29 is 9.53 Å². The van der Waals surface area contributed by atoms with Crippen LogP contribution in [0.5, 0.6) is 5.75 Å². The maximum Gasteiger partial charge on any atom is 0.263 e. The van der Waals surface area contributed by atoms with E-state index in [1.807, 2.05) is 61.2 Å². The number of rotatable bonds is 5. The zero-order valence-electron chi connectivity index (χ0n) is 15.6. The van der Waals surface area contributed by atoms with E-state index in [-0.39, 0.29) is 11.9 Å². The van der Waals surface area contributed by atoms with Gasteiger partial charge in [-0.3, -0.25) is 4.79 Å². The molecule has 138 valence electrons. The van der Waals surface area contributed by atoms with E-state index in [4.69, 9.17) is 10.5 Å². The number of hydrogen-bond acceptors (Lipinski definition) is 3. The first-order valence-corrected chi connectivity index (χ1v) is 9.41. The molecule has 1 aliphatic heterocycles. The van der Waals surface area contributed by atoms with Crippen LogP contribution in [0.15, 0.2) is 54.6 Å². The second-order valence-electron chi connectivity index (χ2n) is 7.20. The van der Waals surface area contributed by atoms with E-state index in [1.54, 1.807) is 0 Å². The second-order valence-corrected chi connectivity index (χ2v) is 7.20. The Bertz CT molecular complexity index is 713. The third-order valence-electron chi connectivity index (χ3n) is 5.14. The fourth-order valence-electron chi connectivity index (χ4n) is 3.51. The number of nitrogens with two attached hydrogens (primary N) is 1. The predicted molar refractivity (Wildman–Crippen MR) is 105 cm³/mol. The van der Waals surface area contributed by atoms with Crippen LogP contribution >= 0.6 is 0 Å². The number of ether oxygens (including phenoxy) is 1. The average molecular weight is 352 g/mol. The Kier molecular flexibility index (Phi) is 5.94. The minimum atomic E-state index is -0.496. The van der Waals surface area contributed by atoms with E-state index >= 15 is 0 Å². The molecule has 0 saturated carbocycles. The monoisotopic (exact) mass is 352 g/mol. The van der Waals surface area contributed by atoms with Crippen molar-refractivity contribution >= 4 is 5.91 Å². The van der Waals surface area contributed by atoms with Gasteiger partial charge in [0.2, 0.25) is 0 Å². The molecule has 1 saturated heterocycles. The summed E-state index contributed by atoms with van der Waals surface area (Å²) < 4.78 is 5.89. The van der Waals surface area contributed by atoms with Crippen molar-refractivity contribution in [3.8, 4) is 16.9 Å². The Hall–Kier alpha value is -2.33. The van der Waals surface area contributed by atoms with Gasteiger partial charge in [-0.15, -0.1) is 0 Å². The first kappa shape index (κ1) is 18.5. The van der Waals surface area contributed by atoms with Gasteiger partial charge in [-0.2, -0.15) is 0 Å². The number of likely N-dealkylation sites (tertiary alicyclic amines) is 1. The molecular weight excluding hydrogens is 324 g/mol. The number of nitrogens with zero attached hydrogens (tertiary/aromatic N) is 1. The van der Waals surface area contributed by atoms with Gasteiger partial charge >= 0.3 is 0 Å². The highest BCUT2D eigenvalue weighted by atomic mass is 16.5. The Morgan fingerprint density at radius 2 is 1.73 bits per heavy atom. The summed E-state index contributed by atoms with van der Waals surface area (Å²) in [7, 11) is 0. The van der Waals surface area contributed by atoms with E-state index in [0.29, 0.717) is 11.7 Å². The van der Waals surface area contributed by atoms with Crippen molar-refractivity contribution in [3.63, 3.8) is 0 Å². The SMILES string of the molecule is CC(Oc1ccc(-c2ccccc2)cc1)C(=O)N1CCCC(C(C)N)C1. The summed E-state index contributed by atoms with van der Waals surface area (Å²) in [4.78, 5) is 14.6. The molecule has 3 rings (SSSR count). The van der Waals surface area contributed by atoms with Gasteiger partial charge in [0.1, 0.15) is 5.75 Å². The molecule has 0 aliphatic carbocycles. The molecule has 0 aromatic heterocycles. The molecule has 1 amide bonds. The summed E-state index contributed by atoms with van der Waals surface area (Å²) in [6.07, 6.45) is 1.61. The number of hydrogen-bond donors (Lipinski definition) is 1. The molecule has 4 heteroatoms. The highest BCUT2D eigenvalue weighted by Crippen LogP contribution is 2.24. The smallest absolute Gasteiger partial charge is 0.263 e. The molecule has 0 spiro atoms. The van der Waals surface area contributed by atoms with E-state index < -0.39 is 6.10 Å². The fraction of sp³-hybridized carbons (Fsp3) is 0.409. The standard InChI is InChI=1S/C22H28N2O2/c1-16(23)20-9-6-14-24(15-20)22(25)17(2)26-21-12-10-19(11-13-21)18-7-4-3-5-8-18/h3-5,7-8,10-13,16-17,20H,6,9,14-15,23H2,1-2H3. The van der Waals surface area contributed by atoms with Crippen LogP contribution in [0, 0.1) is 5.92 Å². The largest absolute Gasteiger partial charge is 0.481 e. The maximum atomic E-state index is 12.7. The van der Waals surface area contributed by atoms with E-state index in [9.17, 15) is 4.79 Å². The molecule has 3 atom stereocenters. The lowest BCUT2D eigenvalue weighted by Crippen LogP contribution is -2.48. The molecule has 4 nitrogen and oxygen atoms in total. The molecule has 1 fully saturated rings. The minimum absolute atomic E-state index is 0.0440. The topological polar surface area (TPSA) is 55.6 Å². The van der Waals surface area contributed by atoms with Crippen molar-refractivity contribution in [1.29, 1.82) is 0 Å². The van der Waals surface area contributed by atoms with Crippen LogP contribution in [0.2, 0.25) is 0 Å². The lowest BCUT2D eigenvalue weighted by molar-refractivity contribution is -0.139. The zero-order valence-corrected chi connectivity index (χ0v) is 15.6. The summed E-state index contributed by atoms with van der Waals surface area (Å²) in [6, 6.07) is 18.2. The first-order chi connectivity index (χ1) is 12.5. The average Bonchev–Trinajstić information content (AvgIpc) is 2.68. The van der Waals surface area contributed by atoms with Gasteiger partial charge in [-0.25, -0.2) is 0 Å². The summed E-state index contributed by atoms with van der Waals surface area (Å²) >= 11 is 0. The maximum absolute atomic E-state index is 12.7. The van der Waals surface area contributed by atoms with Crippen LogP contribution in [0.4, 0.5) is 0 Å². The summed E-state index contributed by atoms with van der Waals surface area (Å²) in [5, 5.41) is 0. The molecule has 0 bridgehead atoms. The zero-order chi connectivity index (χ0) is 18.5. The van der Waals surface area contributed by atoms with Crippen molar-refractivity contribution in [2.75, 3.05) is 13.1 Å². The summed E-state index contributed by atoms with van der Waals surface area (Å²) in [5.74, 6) is 1.14. The summed E-state index contributed by atoms with van der Waals surface area (Å²) in [5.41, 5.74) is 8.32. The van der Waals surface area contributed by atoms with Gasteiger partial charge in [0.25, 0.3) is 5.91 Å². The van der Waals surface area contributed by atoms with E-state index in [0.717, 1.165) is 31.5 Å².